The maximum atomic E-state index is 14.0. The number of aryl methyl sites for hydroxylation is 1. The normalized spacial score (nSPS) is 12.0. The van der Waals surface area contributed by atoms with Gasteiger partial charge >= 0.3 is 0 Å². The van der Waals surface area contributed by atoms with E-state index < -0.39 is 11.7 Å². The third-order valence-corrected chi connectivity index (χ3v) is 3.96. The molecule has 5 heteroatoms. The van der Waals surface area contributed by atoms with E-state index in [1.807, 2.05) is 31.2 Å². The first-order chi connectivity index (χ1) is 9.90. The van der Waals surface area contributed by atoms with Crippen LogP contribution in [-0.4, -0.2) is 5.91 Å². The Hall–Kier alpha value is -1.88. The summed E-state index contributed by atoms with van der Waals surface area (Å²) in [5.74, 6) is -1.02. The topological polar surface area (TPSA) is 55.1 Å². The summed E-state index contributed by atoms with van der Waals surface area (Å²) in [6.07, 6.45) is 0. The second-order valence-corrected chi connectivity index (χ2v) is 5.77. The summed E-state index contributed by atoms with van der Waals surface area (Å²) in [6.45, 7) is 3.43. The van der Waals surface area contributed by atoms with Crippen LogP contribution < -0.4 is 11.1 Å². The van der Waals surface area contributed by atoms with E-state index in [1.165, 1.54) is 12.1 Å². The minimum Gasteiger partial charge on any atom is -0.399 e. The van der Waals surface area contributed by atoms with Crippen molar-refractivity contribution >= 4 is 27.5 Å². The van der Waals surface area contributed by atoms with Gasteiger partial charge in [-0.3, -0.25) is 4.79 Å². The summed E-state index contributed by atoms with van der Waals surface area (Å²) in [4.78, 5) is 12.2. The van der Waals surface area contributed by atoms with Gasteiger partial charge in [0.25, 0.3) is 5.91 Å². The molecule has 0 aromatic heterocycles. The highest BCUT2D eigenvalue weighted by Gasteiger charge is 2.18. The lowest BCUT2D eigenvalue weighted by Crippen LogP contribution is -2.28. The summed E-state index contributed by atoms with van der Waals surface area (Å²) in [7, 11) is 0. The van der Waals surface area contributed by atoms with Crippen LogP contribution in [-0.2, 0) is 0 Å². The number of amides is 1. The quantitative estimate of drug-likeness (QED) is 0.823. The van der Waals surface area contributed by atoms with Crippen LogP contribution in [0.4, 0.5) is 10.1 Å². The molecule has 0 saturated heterocycles. The van der Waals surface area contributed by atoms with Crippen molar-refractivity contribution in [2.24, 2.45) is 0 Å². The van der Waals surface area contributed by atoms with Gasteiger partial charge in [-0.1, -0.05) is 34.1 Å². The Morgan fingerprint density at radius 3 is 2.67 bits per heavy atom. The number of hydrogen-bond donors (Lipinski definition) is 2. The molecule has 0 bridgehead atoms. The van der Waals surface area contributed by atoms with Crippen LogP contribution in [0.5, 0.6) is 0 Å². The molecule has 0 radical (unpaired) electrons. The third-order valence-electron chi connectivity index (χ3n) is 3.24. The molecule has 0 aliphatic rings. The molecule has 0 fully saturated rings. The number of hydrogen-bond acceptors (Lipinski definition) is 2. The lowest BCUT2D eigenvalue weighted by atomic mass is 10.1. The number of carbonyl (C=O) groups is 1. The number of nitrogens with two attached hydrogens (primary N) is 1. The van der Waals surface area contributed by atoms with E-state index in [4.69, 9.17) is 5.73 Å². The molecule has 0 saturated carbocycles. The van der Waals surface area contributed by atoms with Crippen LogP contribution in [0.3, 0.4) is 0 Å². The van der Waals surface area contributed by atoms with Gasteiger partial charge < -0.3 is 11.1 Å². The molecule has 0 heterocycles. The van der Waals surface area contributed by atoms with Crippen LogP contribution in [0.2, 0.25) is 0 Å². The lowest BCUT2D eigenvalue weighted by molar-refractivity contribution is 0.0935. The van der Waals surface area contributed by atoms with E-state index in [2.05, 4.69) is 21.2 Å². The van der Waals surface area contributed by atoms with Crippen molar-refractivity contribution in [2.75, 3.05) is 5.73 Å². The van der Waals surface area contributed by atoms with Crippen LogP contribution in [0.1, 0.15) is 34.5 Å². The molecule has 1 unspecified atom stereocenters. The highest BCUT2D eigenvalue weighted by Crippen LogP contribution is 2.24. The number of nitrogens with one attached hydrogen (secondary N) is 1. The lowest BCUT2D eigenvalue weighted by Gasteiger charge is -2.16. The van der Waals surface area contributed by atoms with Crippen molar-refractivity contribution in [3.8, 4) is 0 Å². The summed E-state index contributed by atoms with van der Waals surface area (Å²) in [5.41, 5.74) is 7.29. The van der Waals surface area contributed by atoms with E-state index in [0.29, 0.717) is 11.3 Å². The zero-order valence-corrected chi connectivity index (χ0v) is 13.4. The molecule has 2 aromatic carbocycles. The molecule has 2 aromatic rings. The standard InChI is InChI=1S/C16H16BrFN2O/c1-9-7-11(19)8-13(15(9)18)16(21)20-10(2)12-5-3-4-6-14(12)17/h3-8,10H,19H2,1-2H3,(H,20,21). The first-order valence-electron chi connectivity index (χ1n) is 6.51. The first-order valence-corrected chi connectivity index (χ1v) is 7.30. The molecule has 1 atom stereocenters. The van der Waals surface area contributed by atoms with Gasteiger partial charge in [0, 0.05) is 10.2 Å². The molecule has 0 aliphatic carbocycles. The second kappa shape index (κ2) is 6.26. The van der Waals surface area contributed by atoms with Crippen molar-refractivity contribution in [1.29, 1.82) is 0 Å². The Bertz CT molecular complexity index is 688. The Balaban J connectivity index is 2.25. The molecule has 3 nitrogen and oxygen atoms in total. The average Bonchev–Trinajstić information content (AvgIpc) is 2.43. The van der Waals surface area contributed by atoms with E-state index in [-0.39, 0.29) is 11.6 Å². The van der Waals surface area contributed by atoms with Crippen LogP contribution >= 0.6 is 15.9 Å². The van der Waals surface area contributed by atoms with Crippen molar-refractivity contribution in [3.63, 3.8) is 0 Å². The highest BCUT2D eigenvalue weighted by molar-refractivity contribution is 9.10. The largest absolute Gasteiger partial charge is 0.399 e. The number of benzene rings is 2. The van der Waals surface area contributed by atoms with Crippen molar-refractivity contribution in [1.82, 2.24) is 5.32 Å². The fraction of sp³-hybridized carbons (Fsp3) is 0.188. The van der Waals surface area contributed by atoms with Crippen molar-refractivity contribution in [3.05, 3.63) is 63.4 Å². The van der Waals surface area contributed by atoms with Crippen molar-refractivity contribution < 1.29 is 9.18 Å². The summed E-state index contributed by atoms with van der Waals surface area (Å²) >= 11 is 3.44. The van der Waals surface area contributed by atoms with Crippen LogP contribution in [0, 0.1) is 12.7 Å². The molecule has 21 heavy (non-hydrogen) atoms. The van der Waals surface area contributed by atoms with Gasteiger partial charge in [0.15, 0.2) is 0 Å². The minimum atomic E-state index is -0.541. The van der Waals surface area contributed by atoms with E-state index in [9.17, 15) is 9.18 Å². The molecule has 0 spiro atoms. The molecular weight excluding hydrogens is 335 g/mol. The predicted molar refractivity (Wildman–Crippen MR) is 85.6 cm³/mol. The maximum Gasteiger partial charge on any atom is 0.254 e. The molecule has 3 N–H and O–H groups in total. The summed E-state index contributed by atoms with van der Waals surface area (Å²) in [6, 6.07) is 10.2. The number of rotatable bonds is 3. The third kappa shape index (κ3) is 3.42. The van der Waals surface area contributed by atoms with Gasteiger partial charge in [0.05, 0.1) is 11.6 Å². The van der Waals surface area contributed by atoms with Crippen LogP contribution in [0.15, 0.2) is 40.9 Å². The first kappa shape index (κ1) is 15.5. The molecule has 0 aliphatic heterocycles. The molecule has 110 valence electrons. The Morgan fingerprint density at radius 2 is 2.00 bits per heavy atom. The van der Waals surface area contributed by atoms with E-state index in [0.717, 1.165) is 10.0 Å². The number of nitrogen functional groups attached to an aromatic ring is 1. The van der Waals surface area contributed by atoms with Crippen molar-refractivity contribution in [2.45, 2.75) is 19.9 Å². The Labute approximate surface area is 131 Å². The molecule has 2 rings (SSSR count). The maximum absolute atomic E-state index is 14.0. The minimum absolute atomic E-state index is 0.0357. The second-order valence-electron chi connectivity index (χ2n) is 4.92. The smallest absolute Gasteiger partial charge is 0.254 e. The monoisotopic (exact) mass is 350 g/mol. The fourth-order valence-electron chi connectivity index (χ4n) is 2.14. The van der Waals surface area contributed by atoms with Gasteiger partial charge in [-0.15, -0.1) is 0 Å². The zero-order chi connectivity index (χ0) is 15.6. The summed E-state index contributed by atoms with van der Waals surface area (Å²) < 4.78 is 14.9. The Morgan fingerprint density at radius 1 is 1.33 bits per heavy atom. The highest BCUT2D eigenvalue weighted by atomic mass is 79.9. The SMILES string of the molecule is Cc1cc(N)cc(C(=O)NC(C)c2ccccc2Br)c1F. The number of halogens is 2. The average molecular weight is 351 g/mol. The summed E-state index contributed by atoms with van der Waals surface area (Å²) in [5, 5.41) is 2.78. The fourth-order valence-corrected chi connectivity index (χ4v) is 2.77. The number of anilines is 1. The van der Waals surface area contributed by atoms with Gasteiger partial charge in [0.1, 0.15) is 5.82 Å². The zero-order valence-electron chi connectivity index (χ0n) is 11.8. The van der Waals surface area contributed by atoms with E-state index >= 15 is 0 Å². The van der Waals surface area contributed by atoms with Gasteiger partial charge in [-0.2, -0.15) is 0 Å². The van der Waals surface area contributed by atoms with Gasteiger partial charge in [-0.25, -0.2) is 4.39 Å². The van der Waals surface area contributed by atoms with Gasteiger partial charge in [0.2, 0.25) is 0 Å². The number of carbonyl (C=O) groups excluding carboxylic acids is 1. The molecular formula is C16H16BrFN2O. The van der Waals surface area contributed by atoms with E-state index in [1.54, 1.807) is 6.92 Å². The molecule has 1 amide bonds. The Kier molecular flexibility index (Phi) is 4.63. The van der Waals surface area contributed by atoms with Crippen LogP contribution in [0.25, 0.3) is 0 Å². The predicted octanol–water partition coefficient (Wildman–Crippen LogP) is 3.97. The van der Waals surface area contributed by atoms with Gasteiger partial charge in [-0.05, 0) is 43.2 Å².